The second kappa shape index (κ2) is 5.74. The van der Waals surface area contributed by atoms with Gasteiger partial charge in [-0.3, -0.25) is 0 Å². The molecule has 0 aliphatic carbocycles. The van der Waals surface area contributed by atoms with Gasteiger partial charge in [0.2, 0.25) is 0 Å². The van der Waals surface area contributed by atoms with E-state index in [4.69, 9.17) is 4.52 Å². The van der Waals surface area contributed by atoms with E-state index >= 15 is 0 Å². The van der Waals surface area contributed by atoms with Crippen LogP contribution in [0.4, 0.5) is 5.82 Å². The van der Waals surface area contributed by atoms with E-state index < -0.39 is 9.84 Å². The van der Waals surface area contributed by atoms with Crippen LogP contribution in [0.1, 0.15) is 19.5 Å². The van der Waals surface area contributed by atoms with Crippen molar-refractivity contribution in [2.24, 2.45) is 5.92 Å². The van der Waals surface area contributed by atoms with Gasteiger partial charge in [0.05, 0.1) is 17.2 Å². The molecule has 0 aromatic carbocycles. The van der Waals surface area contributed by atoms with E-state index in [2.05, 4.69) is 20.4 Å². The summed E-state index contributed by atoms with van der Waals surface area (Å²) in [5.41, 5.74) is 1.07. The summed E-state index contributed by atoms with van der Waals surface area (Å²) in [5, 5.41) is 7.52. The Morgan fingerprint density at radius 1 is 1.35 bits per heavy atom. The van der Waals surface area contributed by atoms with Crippen molar-refractivity contribution in [1.82, 2.24) is 15.1 Å². The lowest BCUT2D eigenvalue weighted by Crippen LogP contribution is -2.21. The van der Waals surface area contributed by atoms with Crippen LogP contribution in [0.2, 0.25) is 0 Å². The molecule has 0 saturated carbocycles. The van der Waals surface area contributed by atoms with E-state index in [0.29, 0.717) is 29.2 Å². The van der Waals surface area contributed by atoms with Crippen molar-refractivity contribution < 1.29 is 12.9 Å². The standard InChI is InChI=1S/C12H18N4O3S/c1-8(2)6-20(17,18)5-4-13-11-10-9(3)16-19-12(10)15-7-14-11/h7-8H,4-6H2,1-3H3,(H,13,14,15). The number of nitrogens with zero attached hydrogens (tertiary/aromatic N) is 3. The smallest absolute Gasteiger partial charge is 0.263 e. The molecule has 7 nitrogen and oxygen atoms in total. The molecule has 0 spiro atoms. The summed E-state index contributed by atoms with van der Waals surface area (Å²) >= 11 is 0. The van der Waals surface area contributed by atoms with Gasteiger partial charge in [-0.25, -0.2) is 13.4 Å². The quantitative estimate of drug-likeness (QED) is 0.860. The summed E-state index contributed by atoms with van der Waals surface area (Å²) in [6.07, 6.45) is 1.36. The molecular weight excluding hydrogens is 280 g/mol. The molecule has 0 fully saturated rings. The van der Waals surface area contributed by atoms with Crippen LogP contribution >= 0.6 is 0 Å². The Bertz CT molecular complexity index is 694. The third kappa shape index (κ3) is 3.44. The fourth-order valence-corrected chi connectivity index (χ4v) is 3.57. The molecular formula is C12H18N4O3S. The normalized spacial score (nSPS) is 12.2. The van der Waals surface area contributed by atoms with Crippen LogP contribution in [0.5, 0.6) is 0 Å². The number of aryl methyl sites for hydroxylation is 1. The van der Waals surface area contributed by atoms with Crippen LogP contribution in [0.25, 0.3) is 11.1 Å². The van der Waals surface area contributed by atoms with E-state index in [1.165, 1.54) is 6.33 Å². The van der Waals surface area contributed by atoms with Crippen LogP contribution < -0.4 is 5.32 Å². The molecule has 0 radical (unpaired) electrons. The van der Waals surface area contributed by atoms with Gasteiger partial charge in [0.1, 0.15) is 17.5 Å². The molecule has 2 heterocycles. The molecule has 0 bridgehead atoms. The van der Waals surface area contributed by atoms with Gasteiger partial charge in [-0.2, -0.15) is 4.98 Å². The van der Waals surface area contributed by atoms with Crippen molar-refractivity contribution in [2.75, 3.05) is 23.4 Å². The molecule has 2 aromatic rings. The maximum atomic E-state index is 11.8. The van der Waals surface area contributed by atoms with Crippen LogP contribution in [-0.4, -0.2) is 41.6 Å². The Balaban J connectivity index is 2.05. The number of hydrogen-bond acceptors (Lipinski definition) is 7. The topological polar surface area (TPSA) is 98.0 Å². The molecule has 110 valence electrons. The van der Waals surface area contributed by atoms with Crippen LogP contribution in [0, 0.1) is 12.8 Å². The highest BCUT2D eigenvalue weighted by Gasteiger charge is 2.15. The van der Waals surface area contributed by atoms with Gasteiger partial charge in [-0.05, 0) is 12.8 Å². The minimum Gasteiger partial charge on any atom is -0.368 e. The molecule has 0 saturated heterocycles. The van der Waals surface area contributed by atoms with E-state index in [-0.39, 0.29) is 17.4 Å². The molecule has 0 aliphatic heterocycles. The minimum atomic E-state index is -3.05. The Kier molecular flexibility index (Phi) is 4.22. The first-order chi connectivity index (χ1) is 9.39. The molecule has 1 N–H and O–H groups in total. The molecule has 0 unspecified atom stereocenters. The molecule has 8 heteroatoms. The summed E-state index contributed by atoms with van der Waals surface area (Å²) in [4.78, 5) is 8.06. The van der Waals surface area contributed by atoms with Crippen LogP contribution in [0.15, 0.2) is 10.9 Å². The van der Waals surface area contributed by atoms with Crippen LogP contribution in [0.3, 0.4) is 0 Å². The lowest BCUT2D eigenvalue weighted by molar-refractivity contribution is 0.442. The number of fused-ring (bicyclic) bond motifs is 1. The molecule has 0 atom stereocenters. The second-order valence-corrected chi connectivity index (χ2v) is 7.33. The Morgan fingerprint density at radius 2 is 2.10 bits per heavy atom. The van der Waals surface area contributed by atoms with Gasteiger partial charge < -0.3 is 9.84 Å². The fourth-order valence-electron chi connectivity index (χ4n) is 1.97. The lowest BCUT2D eigenvalue weighted by Gasteiger charge is -2.08. The SMILES string of the molecule is Cc1noc2ncnc(NCCS(=O)(=O)CC(C)C)c12. The summed E-state index contributed by atoms with van der Waals surface area (Å²) in [6, 6.07) is 0. The number of sulfone groups is 1. The van der Waals surface area contributed by atoms with Gasteiger partial charge in [0.25, 0.3) is 5.71 Å². The van der Waals surface area contributed by atoms with E-state index in [1.54, 1.807) is 6.92 Å². The van der Waals surface area contributed by atoms with Crippen molar-refractivity contribution in [3.05, 3.63) is 12.0 Å². The minimum absolute atomic E-state index is 0.0704. The lowest BCUT2D eigenvalue weighted by atomic mass is 10.3. The van der Waals surface area contributed by atoms with E-state index in [1.807, 2.05) is 13.8 Å². The largest absolute Gasteiger partial charge is 0.368 e. The van der Waals surface area contributed by atoms with Crippen molar-refractivity contribution in [3.8, 4) is 0 Å². The number of rotatable bonds is 6. The van der Waals surface area contributed by atoms with Crippen molar-refractivity contribution >= 4 is 26.8 Å². The van der Waals surface area contributed by atoms with Gasteiger partial charge in [0.15, 0.2) is 9.84 Å². The zero-order chi connectivity index (χ0) is 14.8. The van der Waals surface area contributed by atoms with Gasteiger partial charge in [0, 0.05) is 6.54 Å². The first-order valence-corrected chi connectivity index (χ1v) is 8.22. The first kappa shape index (κ1) is 14.7. The summed E-state index contributed by atoms with van der Waals surface area (Å²) in [6.45, 7) is 5.86. The summed E-state index contributed by atoms with van der Waals surface area (Å²) in [5.74, 6) is 0.945. The number of nitrogens with one attached hydrogen (secondary N) is 1. The molecule has 0 amide bonds. The predicted octanol–water partition coefficient (Wildman–Crippen LogP) is 1.41. The van der Waals surface area contributed by atoms with Gasteiger partial charge in [-0.15, -0.1) is 0 Å². The Morgan fingerprint density at radius 3 is 2.80 bits per heavy atom. The summed E-state index contributed by atoms with van der Waals surface area (Å²) in [7, 11) is -3.05. The molecule has 2 rings (SSSR count). The maximum absolute atomic E-state index is 11.8. The average Bonchev–Trinajstić information content (AvgIpc) is 2.70. The second-order valence-electron chi connectivity index (χ2n) is 5.11. The fraction of sp³-hybridized carbons (Fsp3) is 0.583. The van der Waals surface area contributed by atoms with Crippen molar-refractivity contribution in [3.63, 3.8) is 0 Å². The Hall–Kier alpha value is -1.70. The number of anilines is 1. The highest BCUT2D eigenvalue weighted by atomic mass is 32.2. The Labute approximate surface area is 117 Å². The molecule has 20 heavy (non-hydrogen) atoms. The van der Waals surface area contributed by atoms with Gasteiger partial charge in [-0.1, -0.05) is 19.0 Å². The monoisotopic (exact) mass is 298 g/mol. The molecule has 2 aromatic heterocycles. The van der Waals surface area contributed by atoms with Gasteiger partial charge >= 0.3 is 0 Å². The average molecular weight is 298 g/mol. The highest BCUT2D eigenvalue weighted by molar-refractivity contribution is 7.91. The predicted molar refractivity (Wildman–Crippen MR) is 76.3 cm³/mol. The van der Waals surface area contributed by atoms with Crippen molar-refractivity contribution in [2.45, 2.75) is 20.8 Å². The third-order valence-corrected chi connectivity index (χ3v) is 4.74. The highest BCUT2D eigenvalue weighted by Crippen LogP contribution is 2.21. The van der Waals surface area contributed by atoms with Crippen LogP contribution in [-0.2, 0) is 9.84 Å². The zero-order valence-corrected chi connectivity index (χ0v) is 12.6. The zero-order valence-electron chi connectivity index (χ0n) is 11.8. The number of hydrogen-bond donors (Lipinski definition) is 1. The number of aromatic nitrogens is 3. The third-order valence-electron chi connectivity index (χ3n) is 2.74. The van der Waals surface area contributed by atoms with E-state index in [0.717, 1.165) is 0 Å². The maximum Gasteiger partial charge on any atom is 0.263 e. The summed E-state index contributed by atoms with van der Waals surface area (Å²) < 4.78 is 28.6. The molecule has 0 aliphatic rings. The van der Waals surface area contributed by atoms with E-state index in [9.17, 15) is 8.42 Å². The van der Waals surface area contributed by atoms with Crippen molar-refractivity contribution in [1.29, 1.82) is 0 Å². The first-order valence-electron chi connectivity index (χ1n) is 6.40.